The van der Waals surface area contributed by atoms with Gasteiger partial charge in [0.15, 0.2) is 0 Å². The number of nitrogens with one attached hydrogen (secondary N) is 1. The highest BCUT2D eigenvalue weighted by Crippen LogP contribution is 2.33. The van der Waals surface area contributed by atoms with Gasteiger partial charge < -0.3 is 5.32 Å². The van der Waals surface area contributed by atoms with Gasteiger partial charge in [-0.15, -0.1) is 0 Å². The van der Waals surface area contributed by atoms with Crippen LogP contribution in [0.2, 0.25) is 0 Å². The molecule has 1 fully saturated rings. The first-order chi connectivity index (χ1) is 6.16. The van der Waals surface area contributed by atoms with Gasteiger partial charge in [-0.25, -0.2) is 0 Å². The SMILES string of the molecule is CC1=NC2CCC(C(C)C)CC2N1. The van der Waals surface area contributed by atoms with E-state index in [1.54, 1.807) is 0 Å². The monoisotopic (exact) mass is 180 g/mol. The lowest BCUT2D eigenvalue weighted by Crippen LogP contribution is -2.40. The van der Waals surface area contributed by atoms with E-state index >= 15 is 0 Å². The topological polar surface area (TPSA) is 24.4 Å². The molecule has 0 amide bonds. The minimum atomic E-state index is 0.593. The molecule has 2 nitrogen and oxygen atoms in total. The normalized spacial score (nSPS) is 38.5. The summed E-state index contributed by atoms with van der Waals surface area (Å²) in [5.41, 5.74) is 0. The zero-order chi connectivity index (χ0) is 9.42. The Kier molecular flexibility index (Phi) is 2.31. The predicted octanol–water partition coefficient (Wildman–Crippen LogP) is 2.20. The lowest BCUT2D eigenvalue weighted by atomic mass is 9.77. The Labute approximate surface area is 80.8 Å². The molecule has 3 unspecified atom stereocenters. The number of aliphatic imine (C=N–C) groups is 1. The van der Waals surface area contributed by atoms with Crippen LogP contribution in [0.5, 0.6) is 0 Å². The van der Waals surface area contributed by atoms with E-state index in [0.29, 0.717) is 12.1 Å². The largest absolute Gasteiger partial charge is 0.369 e. The Morgan fingerprint density at radius 1 is 1.38 bits per heavy atom. The molecule has 3 atom stereocenters. The Hall–Kier alpha value is -0.530. The molecule has 2 rings (SSSR count). The van der Waals surface area contributed by atoms with Crippen molar-refractivity contribution >= 4 is 5.84 Å². The molecule has 0 saturated heterocycles. The average Bonchev–Trinajstić information content (AvgIpc) is 2.42. The van der Waals surface area contributed by atoms with Crippen molar-refractivity contribution in [2.75, 3.05) is 0 Å². The number of fused-ring (bicyclic) bond motifs is 1. The van der Waals surface area contributed by atoms with Crippen LogP contribution in [-0.2, 0) is 0 Å². The number of amidine groups is 1. The maximum Gasteiger partial charge on any atom is 0.0938 e. The maximum absolute atomic E-state index is 4.61. The van der Waals surface area contributed by atoms with E-state index in [0.717, 1.165) is 17.7 Å². The molecular formula is C11H20N2. The molecular weight excluding hydrogens is 160 g/mol. The highest BCUT2D eigenvalue weighted by molar-refractivity contribution is 5.81. The van der Waals surface area contributed by atoms with Crippen molar-refractivity contribution in [3.05, 3.63) is 0 Å². The summed E-state index contributed by atoms with van der Waals surface area (Å²) in [6.07, 6.45) is 3.98. The van der Waals surface area contributed by atoms with Gasteiger partial charge in [0.05, 0.1) is 11.9 Å². The minimum Gasteiger partial charge on any atom is -0.369 e. The van der Waals surface area contributed by atoms with Crippen molar-refractivity contribution in [1.82, 2.24) is 5.32 Å². The number of hydrogen-bond donors (Lipinski definition) is 1. The molecule has 1 aliphatic heterocycles. The third kappa shape index (κ3) is 1.72. The smallest absolute Gasteiger partial charge is 0.0938 e. The van der Waals surface area contributed by atoms with Crippen LogP contribution in [0.3, 0.4) is 0 Å². The molecule has 1 heterocycles. The van der Waals surface area contributed by atoms with Gasteiger partial charge >= 0.3 is 0 Å². The van der Waals surface area contributed by atoms with E-state index < -0.39 is 0 Å². The summed E-state index contributed by atoms with van der Waals surface area (Å²) in [5, 5.41) is 3.49. The Balaban J connectivity index is 1.97. The quantitative estimate of drug-likeness (QED) is 0.657. The summed E-state index contributed by atoms with van der Waals surface area (Å²) >= 11 is 0. The number of rotatable bonds is 1. The molecule has 74 valence electrons. The fourth-order valence-corrected chi connectivity index (χ4v) is 2.66. The van der Waals surface area contributed by atoms with Gasteiger partial charge in [0.1, 0.15) is 0 Å². The molecule has 2 aliphatic rings. The van der Waals surface area contributed by atoms with Crippen LogP contribution >= 0.6 is 0 Å². The van der Waals surface area contributed by atoms with E-state index in [9.17, 15) is 0 Å². The second kappa shape index (κ2) is 3.32. The van der Waals surface area contributed by atoms with Crippen molar-refractivity contribution in [3.8, 4) is 0 Å². The standard InChI is InChI=1S/C11H20N2/c1-7(2)9-4-5-10-11(6-9)13-8(3)12-10/h7,9-11H,4-6H2,1-3H3,(H,12,13). The molecule has 1 aliphatic carbocycles. The summed E-state index contributed by atoms with van der Waals surface area (Å²) in [7, 11) is 0. The first-order valence-electron chi connectivity index (χ1n) is 5.47. The molecule has 0 aromatic carbocycles. The van der Waals surface area contributed by atoms with Crippen molar-refractivity contribution in [1.29, 1.82) is 0 Å². The molecule has 1 N–H and O–H groups in total. The van der Waals surface area contributed by atoms with Crippen molar-refractivity contribution in [2.45, 2.75) is 52.1 Å². The second-order valence-corrected chi connectivity index (χ2v) is 4.85. The zero-order valence-electron chi connectivity index (χ0n) is 8.88. The molecule has 0 aromatic rings. The third-order valence-electron chi connectivity index (χ3n) is 3.55. The molecule has 0 spiro atoms. The summed E-state index contributed by atoms with van der Waals surface area (Å²) in [4.78, 5) is 4.61. The van der Waals surface area contributed by atoms with Crippen LogP contribution in [0.25, 0.3) is 0 Å². The molecule has 0 bridgehead atoms. The molecule has 1 saturated carbocycles. The van der Waals surface area contributed by atoms with Gasteiger partial charge in [0.2, 0.25) is 0 Å². The Morgan fingerprint density at radius 3 is 2.85 bits per heavy atom. The van der Waals surface area contributed by atoms with Crippen LogP contribution in [0, 0.1) is 11.8 Å². The van der Waals surface area contributed by atoms with Crippen LogP contribution < -0.4 is 5.32 Å². The second-order valence-electron chi connectivity index (χ2n) is 4.85. The van der Waals surface area contributed by atoms with Crippen LogP contribution in [0.1, 0.15) is 40.0 Å². The van der Waals surface area contributed by atoms with E-state index in [1.165, 1.54) is 19.3 Å². The molecule has 0 radical (unpaired) electrons. The fourth-order valence-electron chi connectivity index (χ4n) is 2.66. The summed E-state index contributed by atoms with van der Waals surface area (Å²) in [6, 6.07) is 1.25. The van der Waals surface area contributed by atoms with Gasteiger partial charge in [-0.2, -0.15) is 0 Å². The van der Waals surface area contributed by atoms with E-state index in [-0.39, 0.29) is 0 Å². The lowest BCUT2D eigenvalue weighted by Gasteiger charge is -2.32. The van der Waals surface area contributed by atoms with Gasteiger partial charge in [-0.05, 0) is 38.0 Å². The fraction of sp³-hybridized carbons (Fsp3) is 0.909. The minimum absolute atomic E-state index is 0.593. The van der Waals surface area contributed by atoms with Crippen molar-refractivity contribution in [2.24, 2.45) is 16.8 Å². The van der Waals surface area contributed by atoms with Gasteiger partial charge in [-0.3, -0.25) is 4.99 Å². The number of nitrogens with zero attached hydrogens (tertiary/aromatic N) is 1. The molecule has 2 heteroatoms. The first kappa shape index (κ1) is 9.04. The van der Waals surface area contributed by atoms with E-state index in [2.05, 4.69) is 31.1 Å². The van der Waals surface area contributed by atoms with Gasteiger partial charge in [0, 0.05) is 6.04 Å². The van der Waals surface area contributed by atoms with Crippen molar-refractivity contribution < 1.29 is 0 Å². The highest BCUT2D eigenvalue weighted by atomic mass is 15.1. The molecule has 0 aromatic heterocycles. The van der Waals surface area contributed by atoms with Gasteiger partial charge in [0.25, 0.3) is 0 Å². The van der Waals surface area contributed by atoms with Crippen LogP contribution in [-0.4, -0.2) is 17.9 Å². The zero-order valence-corrected chi connectivity index (χ0v) is 8.88. The van der Waals surface area contributed by atoms with Crippen LogP contribution in [0.15, 0.2) is 4.99 Å². The summed E-state index contributed by atoms with van der Waals surface area (Å²) < 4.78 is 0. The Bertz CT molecular complexity index is 220. The van der Waals surface area contributed by atoms with Gasteiger partial charge in [-0.1, -0.05) is 13.8 Å². The van der Waals surface area contributed by atoms with E-state index in [4.69, 9.17) is 0 Å². The summed E-state index contributed by atoms with van der Waals surface area (Å²) in [6.45, 7) is 6.77. The van der Waals surface area contributed by atoms with E-state index in [1.807, 2.05) is 0 Å². The summed E-state index contributed by atoms with van der Waals surface area (Å²) in [5.74, 6) is 2.90. The predicted molar refractivity (Wildman–Crippen MR) is 56.0 cm³/mol. The van der Waals surface area contributed by atoms with Crippen molar-refractivity contribution in [3.63, 3.8) is 0 Å². The average molecular weight is 180 g/mol. The third-order valence-corrected chi connectivity index (χ3v) is 3.55. The highest BCUT2D eigenvalue weighted by Gasteiger charge is 2.34. The molecule has 13 heavy (non-hydrogen) atoms. The van der Waals surface area contributed by atoms with Crippen LogP contribution in [0.4, 0.5) is 0 Å². The number of hydrogen-bond acceptors (Lipinski definition) is 2. The maximum atomic E-state index is 4.61. The first-order valence-corrected chi connectivity index (χ1v) is 5.47. The Morgan fingerprint density at radius 2 is 2.15 bits per heavy atom. The lowest BCUT2D eigenvalue weighted by molar-refractivity contribution is 0.233.